The Morgan fingerprint density at radius 3 is 2.19 bits per heavy atom. The minimum atomic E-state index is -1.58. The summed E-state index contributed by atoms with van der Waals surface area (Å²) >= 11 is 0. The molecule has 11 N–H and O–H groups in total. The van der Waals surface area contributed by atoms with Crippen molar-refractivity contribution in [1.82, 2.24) is 26.6 Å². The maximum atomic E-state index is 12.7. The lowest BCUT2D eigenvalue weighted by Gasteiger charge is -2.21. The molecule has 0 aromatic heterocycles. The molecule has 16 nitrogen and oxygen atoms in total. The van der Waals surface area contributed by atoms with Crippen LogP contribution in [0.25, 0.3) is 0 Å². The molecule has 0 saturated carbocycles. The summed E-state index contributed by atoms with van der Waals surface area (Å²) in [5, 5.41) is 30.5. The lowest BCUT2D eigenvalue weighted by Crippen LogP contribution is -2.56. The van der Waals surface area contributed by atoms with Crippen LogP contribution in [0.2, 0.25) is 0 Å². The van der Waals surface area contributed by atoms with Gasteiger partial charge in [0.15, 0.2) is 5.96 Å². The van der Waals surface area contributed by atoms with Crippen LogP contribution in [0.15, 0.2) is 4.99 Å². The summed E-state index contributed by atoms with van der Waals surface area (Å²) in [6.45, 7) is -0.953. The first kappa shape index (κ1) is 31.1. The standard InChI is InChI=1S/C21H36N8O8/c22-21(23)25-8-4-5-12-18(35)26-10-16(32)28-13(9-17(33)34)20(37)29-14(11-30)19(36)24-7-3-1-2-6-15(31)27-12/h12-14,30H,1-11H2,(H,24,36)(H,26,35)(H,27,31)(H,28,32)(H,29,37)(H,33,34)(H4,22,23,25)/t12?,13-,14-/m0/s1. The first-order chi connectivity index (χ1) is 17.5. The number of nitrogens with one attached hydrogen (secondary N) is 5. The molecule has 1 rings (SSSR count). The second-order valence-electron chi connectivity index (χ2n) is 8.35. The highest BCUT2D eigenvalue weighted by molar-refractivity contribution is 5.95. The first-order valence-electron chi connectivity index (χ1n) is 11.9. The number of aliphatic hydroxyl groups is 1. The number of aliphatic imine (C=N–C) groups is 1. The summed E-state index contributed by atoms with van der Waals surface area (Å²) in [6, 6.07) is -3.94. The number of aliphatic hydroxyl groups excluding tert-OH is 1. The van der Waals surface area contributed by atoms with Crippen LogP contribution in [-0.2, 0) is 28.8 Å². The summed E-state index contributed by atoms with van der Waals surface area (Å²) in [4.78, 5) is 77.2. The van der Waals surface area contributed by atoms with Gasteiger partial charge in [0.1, 0.15) is 18.1 Å². The monoisotopic (exact) mass is 528 g/mol. The molecule has 1 aliphatic rings. The third-order valence-corrected chi connectivity index (χ3v) is 5.25. The Kier molecular flexibility index (Phi) is 14.0. The number of rotatable bonds is 7. The minimum Gasteiger partial charge on any atom is -0.481 e. The van der Waals surface area contributed by atoms with Crippen LogP contribution in [0, 0.1) is 0 Å². The van der Waals surface area contributed by atoms with Gasteiger partial charge in [-0.2, -0.15) is 0 Å². The number of hydrogen-bond acceptors (Lipinski definition) is 8. The van der Waals surface area contributed by atoms with Crippen molar-refractivity contribution >= 4 is 41.5 Å². The number of hydrogen-bond donors (Lipinski definition) is 9. The number of guanidine groups is 1. The number of nitrogens with two attached hydrogens (primary N) is 2. The molecule has 1 aliphatic heterocycles. The molecule has 16 heteroatoms. The van der Waals surface area contributed by atoms with Gasteiger partial charge in [-0.3, -0.25) is 33.8 Å². The van der Waals surface area contributed by atoms with E-state index in [9.17, 15) is 33.9 Å². The maximum Gasteiger partial charge on any atom is 0.305 e. The molecular weight excluding hydrogens is 492 g/mol. The van der Waals surface area contributed by atoms with Crippen molar-refractivity contribution in [2.24, 2.45) is 16.5 Å². The summed E-state index contributed by atoms with van der Waals surface area (Å²) in [5.74, 6) is -5.15. The Bertz CT molecular complexity index is 861. The normalized spacial score (nSPS) is 23.1. The van der Waals surface area contributed by atoms with Crippen LogP contribution in [-0.4, -0.2) is 96.0 Å². The largest absolute Gasteiger partial charge is 0.481 e. The van der Waals surface area contributed by atoms with Crippen molar-refractivity contribution in [2.75, 3.05) is 26.2 Å². The van der Waals surface area contributed by atoms with Crippen molar-refractivity contribution in [3.8, 4) is 0 Å². The molecule has 3 atom stereocenters. The number of nitrogens with zero attached hydrogens (tertiary/aromatic N) is 1. The van der Waals surface area contributed by atoms with E-state index < -0.39 is 67.3 Å². The summed E-state index contributed by atoms with van der Waals surface area (Å²) in [6.07, 6.45) is 1.40. The topological polar surface area (TPSA) is 267 Å². The Hall–Kier alpha value is -3.95. The molecule has 1 unspecified atom stereocenters. The van der Waals surface area contributed by atoms with E-state index >= 15 is 0 Å². The smallest absolute Gasteiger partial charge is 0.305 e. The molecule has 37 heavy (non-hydrogen) atoms. The van der Waals surface area contributed by atoms with E-state index in [-0.39, 0.29) is 37.8 Å². The number of carbonyl (C=O) groups excluding carboxylic acids is 5. The van der Waals surface area contributed by atoms with Crippen molar-refractivity contribution in [2.45, 2.75) is 63.1 Å². The minimum absolute atomic E-state index is 0.118. The zero-order chi connectivity index (χ0) is 27.8. The molecule has 0 aromatic rings. The predicted molar refractivity (Wildman–Crippen MR) is 130 cm³/mol. The quantitative estimate of drug-likeness (QED) is 0.0872. The van der Waals surface area contributed by atoms with Crippen molar-refractivity contribution < 1.29 is 39.0 Å². The van der Waals surface area contributed by atoms with E-state index in [0.717, 1.165) is 0 Å². The van der Waals surface area contributed by atoms with Gasteiger partial charge in [0, 0.05) is 19.5 Å². The molecule has 1 fully saturated rings. The van der Waals surface area contributed by atoms with Gasteiger partial charge in [0.05, 0.1) is 19.6 Å². The fourth-order valence-electron chi connectivity index (χ4n) is 3.35. The maximum absolute atomic E-state index is 12.7. The number of aliphatic carboxylic acids is 1. The molecule has 1 saturated heterocycles. The highest BCUT2D eigenvalue weighted by Crippen LogP contribution is 2.04. The fraction of sp³-hybridized carbons (Fsp3) is 0.667. The summed E-state index contributed by atoms with van der Waals surface area (Å²) in [7, 11) is 0. The first-order valence-corrected chi connectivity index (χ1v) is 11.9. The van der Waals surface area contributed by atoms with Crippen molar-refractivity contribution in [3.63, 3.8) is 0 Å². The van der Waals surface area contributed by atoms with Crippen LogP contribution in [0.4, 0.5) is 0 Å². The van der Waals surface area contributed by atoms with Crippen LogP contribution in [0.3, 0.4) is 0 Å². The SMILES string of the molecule is NC(N)=NCCCC1NC(=O)CCCCCNC(=O)[C@H](CO)NC(=O)[C@H](CC(=O)O)NC(=O)CNC1=O. The highest BCUT2D eigenvalue weighted by Gasteiger charge is 2.29. The molecule has 0 radical (unpaired) electrons. The van der Waals surface area contributed by atoms with Gasteiger partial charge in [-0.1, -0.05) is 6.42 Å². The molecular formula is C21H36N8O8. The highest BCUT2D eigenvalue weighted by atomic mass is 16.4. The summed E-state index contributed by atoms with van der Waals surface area (Å²) < 4.78 is 0. The molecule has 5 amide bonds. The average molecular weight is 529 g/mol. The number of amides is 5. The lowest BCUT2D eigenvalue weighted by molar-refractivity contribution is -0.141. The van der Waals surface area contributed by atoms with Gasteiger partial charge >= 0.3 is 5.97 Å². The Balaban J connectivity index is 3.00. The summed E-state index contributed by atoms with van der Waals surface area (Å²) in [5.41, 5.74) is 10.6. The third-order valence-electron chi connectivity index (χ3n) is 5.25. The Morgan fingerprint density at radius 2 is 1.54 bits per heavy atom. The van der Waals surface area contributed by atoms with Crippen LogP contribution in [0.5, 0.6) is 0 Å². The molecule has 0 spiro atoms. The third kappa shape index (κ3) is 13.1. The van der Waals surface area contributed by atoms with E-state index in [4.69, 9.17) is 16.6 Å². The average Bonchev–Trinajstić information content (AvgIpc) is 2.83. The van der Waals surface area contributed by atoms with E-state index in [1.165, 1.54) is 0 Å². The van der Waals surface area contributed by atoms with Gasteiger partial charge in [0.25, 0.3) is 0 Å². The van der Waals surface area contributed by atoms with Crippen molar-refractivity contribution in [1.29, 1.82) is 0 Å². The predicted octanol–water partition coefficient (Wildman–Crippen LogP) is -4.23. The van der Waals surface area contributed by atoms with E-state index in [2.05, 4.69) is 31.6 Å². The fourth-order valence-corrected chi connectivity index (χ4v) is 3.35. The van der Waals surface area contributed by atoms with Crippen LogP contribution >= 0.6 is 0 Å². The molecule has 0 aromatic carbocycles. The number of carbonyl (C=O) groups is 6. The van der Waals surface area contributed by atoms with Gasteiger partial charge < -0.3 is 48.3 Å². The number of carboxylic acids is 1. The van der Waals surface area contributed by atoms with Crippen LogP contribution < -0.4 is 38.1 Å². The molecule has 1 heterocycles. The number of carboxylic acid groups (broad SMARTS) is 1. The molecule has 0 bridgehead atoms. The second kappa shape index (κ2) is 16.7. The lowest BCUT2D eigenvalue weighted by atomic mass is 10.1. The Morgan fingerprint density at radius 1 is 0.865 bits per heavy atom. The van der Waals surface area contributed by atoms with E-state index in [1.807, 2.05) is 0 Å². The zero-order valence-electron chi connectivity index (χ0n) is 20.5. The van der Waals surface area contributed by atoms with E-state index in [1.54, 1.807) is 0 Å². The van der Waals surface area contributed by atoms with E-state index in [0.29, 0.717) is 25.7 Å². The molecule has 0 aliphatic carbocycles. The van der Waals surface area contributed by atoms with Gasteiger partial charge in [0.2, 0.25) is 29.5 Å². The molecule has 208 valence electrons. The second-order valence-corrected chi connectivity index (χ2v) is 8.35. The van der Waals surface area contributed by atoms with Crippen LogP contribution in [0.1, 0.15) is 44.9 Å². The Labute approximate surface area is 213 Å². The van der Waals surface area contributed by atoms with Gasteiger partial charge in [-0.15, -0.1) is 0 Å². The zero-order valence-corrected chi connectivity index (χ0v) is 20.5. The van der Waals surface area contributed by atoms with Gasteiger partial charge in [-0.25, -0.2) is 0 Å². The van der Waals surface area contributed by atoms with Gasteiger partial charge in [-0.05, 0) is 25.7 Å². The van der Waals surface area contributed by atoms with Crippen molar-refractivity contribution in [3.05, 3.63) is 0 Å².